The van der Waals surface area contributed by atoms with Crippen LogP contribution in [-0.2, 0) is 9.22 Å². The summed E-state index contributed by atoms with van der Waals surface area (Å²) in [5.74, 6) is -0.176. The Labute approximate surface area is 129 Å². The van der Waals surface area contributed by atoms with E-state index in [1.165, 1.54) is 0 Å². The number of rotatable bonds is 5. The summed E-state index contributed by atoms with van der Waals surface area (Å²) in [5, 5.41) is 3.01. The van der Waals surface area contributed by atoms with Gasteiger partial charge in [-0.1, -0.05) is 33.9 Å². The Balaban J connectivity index is 2.91. The molecule has 21 heavy (non-hydrogen) atoms. The van der Waals surface area contributed by atoms with Gasteiger partial charge in [0.1, 0.15) is 0 Å². The van der Waals surface area contributed by atoms with Crippen molar-refractivity contribution in [3.05, 3.63) is 36.3 Å². The van der Waals surface area contributed by atoms with Gasteiger partial charge in [0.25, 0.3) is 0 Å². The van der Waals surface area contributed by atoms with E-state index in [0.29, 0.717) is 0 Å². The van der Waals surface area contributed by atoms with Crippen molar-refractivity contribution >= 4 is 14.2 Å². The van der Waals surface area contributed by atoms with Crippen LogP contribution in [0.3, 0.4) is 0 Å². The molecule has 116 valence electrons. The maximum Gasteiger partial charge on any atom is 0.228 e. The summed E-state index contributed by atoms with van der Waals surface area (Å²) in [7, 11) is -1.90. The number of hydrogen-bond donors (Lipinski definition) is 1. The highest BCUT2D eigenvalue weighted by atomic mass is 28.4. The normalized spacial score (nSPS) is 23.2. The lowest BCUT2D eigenvalue weighted by molar-refractivity contribution is -0.138. The third-order valence-electron chi connectivity index (χ3n) is 4.55. The maximum absolute atomic E-state index is 12.0. The van der Waals surface area contributed by atoms with Gasteiger partial charge >= 0.3 is 0 Å². The smallest absolute Gasteiger partial charge is 0.228 e. The quantitative estimate of drug-likeness (QED) is 0.365. The average Bonchev–Trinajstić information content (AvgIpc) is 2.31. The van der Waals surface area contributed by atoms with Gasteiger partial charge in [-0.05, 0) is 31.1 Å². The van der Waals surface area contributed by atoms with Crippen LogP contribution in [0.15, 0.2) is 36.3 Å². The van der Waals surface area contributed by atoms with Crippen LogP contribution in [0, 0.1) is 5.92 Å². The molecule has 0 spiro atoms. The molecule has 1 amide bonds. The fourth-order valence-electron chi connectivity index (χ4n) is 2.23. The molecule has 3 nitrogen and oxygen atoms in total. The molecule has 1 saturated heterocycles. The summed E-state index contributed by atoms with van der Waals surface area (Å²) in [5.41, 5.74) is 6.38. The SMILES string of the molecule is C=C=CC(=C=C)[C@@H]1NC(=O)[C@H]1[C@@H](C)O[Si](C)(C)C(C)(C)C. The molecule has 0 aromatic heterocycles. The number of hydrogen-bond acceptors (Lipinski definition) is 2. The molecule has 0 bridgehead atoms. The highest BCUT2D eigenvalue weighted by molar-refractivity contribution is 6.74. The second-order valence-corrected chi connectivity index (χ2v) is 11.8. The molecule has 1 fully saturated rings. The van der Waals surface area contributed by atoms with Crippen LogP contribution >= 0.6 is 0 Å². The molecule has 0 aromatic carbocycles. The van der Waals surface area contributed by atoms with Crippen molar-refractivity contribution in [2.45, 2.75) is 58.0 Å². The van der Waals surface area contributed by atoms with E-state index >= 15 is 0 Å². The molecule has 1 rings (SSSR count). The van der Waals surface area contributed by atoms with Crippen LogP contribution < -0.4 is 5.32 Å². The molecule has 0 aromatic rings. The van der Waals surface area contributed by atoms with Gasteiger partial charge in [0.05, 0.1) is 18.1 Å². The van der Waals surface area contributed by atoms with Crippen LogP contribution in [0.5, 0.6) is 0 Å². The second-order valence-electron chi connectivity index (χ2n) is 7.08. The van der Waals surface area contributed by atoms with Crippen molar-refractivity contribution in [2.75, 3.05) is 0 Å². The summed E-state index contributed by atoms with van der Waals surface area (Å²) < 4.78 is 6.35. The predicted molar refractivity (Wildman–Crippen MR) is 89.5 cm³/mol. The van der Waals surface area contributed by atoms with Crippen LogP contribution in [0.25, 0.3) is 0 Å². The van der Waals surface area contributed by atoms with Crippen molar-refractivity contribution < 1.29 is 9.22 Å². The molecule has 1 heterocycles. The standard InChI is InChI=1S/C17H27NO2Si/c1-9-11-13(10-2)15-14(16(19)18-15)12(3)20-21(7,8)17(4,5)6/h11-12,14-15H,1-2H2,3-8H3,(H,18,19)/t12-,14+,15+/m1/s1. The Bertz CT molecular complexity index is 517. The molecule has 1 N–H and O–H groups in total. The first-order valence-corrected chi connectivity index (χ1v) is 10.2. The van der Waals surface area contributed by atoms with E-state index in [9.17, 15) is 4.79 Å². The van der Waals surface area contributed by atoms with E-state index in [-0.39, 0.29) is 29.0 Å². The third kappa shape index (κ3) is 3.66. The average molecular weight is 305 g/mol. The van der Waals surface area contributed by atoms with Gasteiger partial charge in [0.2, 0.25) is 5.91 Å². The Morgan fingerprint density at radius 2 is 2.00 bits per heavy atom. The van der Waals surface area contributed by atoms with Crippen LogP contribution in [0.2, 0.25) is 18.1 Å². The number of amides is 1. The minimum Gasteiger partial charge on any atom is -0.413 e. The maximum atomic E-state index is 12.0. The molecular formula is C17H27NO2Si. The molecule has 0 unspecified atom stereocenters. The first kappa shape index (κ1) is 17.7. The number of carbonyl (C=O) groups is 1. The molecule has 3 atom stereocenters. The molecule has 0 saturated carbocycles. The monoisotopic (exact) mass is 305 g/mol. The largest absolute Gasteiger partial charge is 0.413 e. The molecule has 0 radical (unpaired) electrons. The van der Waals surface area contributed by atoms with Gasteiger partial charge in [0, 0.05) is 5.57 Å². The summed E-state index contributed by atoms with van der Waals surface area (Å²) in [6.45, 7) is 20.2. The van der Waals surface area contributed by atoms with Crippen LogP contribution in [0.4, 0.5) is 0 Å². The van der Waals surface area contributed by atoms with E-state index in [1.807, 2.05) is 6.92 Å². The second kappa shape index (κ2) is 6.21. The lowest BCUT2D eigenvalue weighted by Crippen LogP contribution is -2.64. The van der Waals surface area contributed by atoms with Crippen molar-refractivity contribution in [3.63, 3.8) is 0 Å². The Kier molecular flexibility index (Phi) is 5.24. The summed E-state index contributed by atoms with van der Waals surface area (Å²) in [6.07, 6.45) is 1.58. The predicted octanol–water partition coefficient (Wildman–Crippen LogP) is 3.56. The molecular weight excluding hydrogens is 278 g/mol. The fraction of sp³-hybridized carbons (Fsp3) is 0.588. The molecule has 0 aliphatic carbocycles. The summed E-state index contributed by atoms with van der Waals surface area (Å²) in [6, 6.07) is -0.107. The van der Waals surface area contributed by atoms with Crippen molar-refractivity contribution in [1.29, 1.82) is 0 Å². The van der Waals surface area contributed by atoms with E-state index in [0.717, 1.165) is 5.57 Å². The minimum absolute atomic E-state index is 0.0245. The van der Waals surface area contributed by atoms with Gasteiger partial charge in [-0.15, -0.1) is 11.5 Å². The van der Waals surface area contributed by atoms with E-state index < -0.39 is 8.32 Å². The lowest BCUT2D eigenvalue weighted by atomic mass is 9.81. The Morgan fingerprint density at radius 1 is 1.43 bits per heavy atom. The van der Waals surface area contributed by atoms with E-state index in [1.54, 1.807) is 6.08 Å². The van der Waals surface area contributed by atoms with Gasteiger partial charge in [-0.25, -0.2) is 0 Å². The molecule has 1 aliphatic heterocycles. The molecule has 1 aliphatic rings. The number of nitrogens with one attached hydrogen (secondary N) is 1. The van der Waals surface area contributed by atoms with Crippen molar-refractivity contribution in [1.82, 2.24) is 5.32 Å². The zero-order valence-electron chi connectivity index (χ0n) is 14.0. The topological polar surface area (TPSA) is 38.3 Å². The zero-order chi connectivity index (χ0) is 16.4. The van der Waals surface area contributed by atoms with Gasteiger partial charge < -0.3 is 9.74 Å². The van der Waals surface area contributed by atoms with Crippen molar-refractivity contribution in [2.24, 2.45) is 5.92 Å². The zero-order valence-corrected chi connectivity index (χ0v) is 15.0. The fourth-order valence-corrected chi connectivity index (χ4v) is 3.65. The van der Waals surface area contributed by atoms with Crippen molar-refractivity contribution in [3.8, 4) is 0 Å². The summed E-state index contributed by atoms with van der Waals surface area (Å²) >= 11 is 0. The highest BCUT2D eigenvalue weighted by Gasteiger charge is 2.48. The third-order valence-corrected chi connectivity index (χ3v) is 9.12. The van der Waals surface area contributed by atoms with Gasteiger partial charge in [0.15, 0.2) is 8.32 Å². The number of carbonyl (C=O) groups excluding carboxylic acids is 1. The lowest BCUT2D eigenvalue weighted by Gasteiger charge is -2.45. The van der Waals surface area contributed by atoms with Gasteiger partial charge in [-0.2, -0.15) is 0 Å². The first-order chi connectivity index (χ1) is 9.55. The Morgan fingerprint density at radius 3 is 2.38 bits per heavy atom. The van der Waals surface area contributed by atoms with E-state index in [2.05, 4.69) is 63.8 Å². The number of β-lactam (4-membered cyclic amide) rings is 1. The van der Waals surface area contributed by atoms with Crippen LogP contribution in [-0.4, -0.2) is 26.4 Å². The first-order valence-electron chi connectivity index (χ1n) is 7.29. The van der Waals surface area contributed by atoms with Crippen LogP contribution in [0.1, 0.15) is 27.7 Å². The molecule has 4 heteroatoms. The summed E-state index contributed by atoms with van der Waals surface area (Å²) in [4.78, 5) is 12.0. The van der Waals surface area contributed by atoms with Gasteiger partial charge in [-0.3, -0.25) is 4.79 Å². The highest BCUT2D eigenvalue weighted by Crippen LogP contribution is 2.39. The minimum atomic E-state index is -1.90. The van der Waals surface area contributed by atoms with E-state index in [4.69, 9.17) is 4.43 Å². The Hall–Kier alpha value is -1.31.